The van der Waals surface area contributed by atoms with Crippen LogP contribution in [-0.2, 0) is 0 Å². The van der Waals surface area contributed by atoms with Crippen molar-refractivity contribution in [3.8, 4) is 0 Å². The van der Waals surface area contributed by atoms with E-state index in [2.05, 4.69) is 51.8 Å². The molecule has 19 heavy (non-hydrogen) atoms. The molecule has 0 aromatic rings. The Bertz CT molecular complexity index is 178. The molecule has 0 unspecified atom stereocenters. The summed E-state index contributed by atoms with van der Waals surface area (Å²) >= 11 is 0. The van der Waals surface area contributed by atoms with Crippen LogP contribution in [0.15, 0.2) is 0 Å². The van der Waals surface area contributed by atoms with Crippen LogP contribution in [0.2, 0.25) is 0 Å². The summed E-state index contributed by atoms with van der Waals surface area (Å²) < 4.78 is 0. The van der Waals surface area contributed by atoms with E-state index in [1.807, 2.05) is 0 Å². The van der Waals surface area contributed by atoms with Crippen molar-refractivity contribution >= 4 is 0 Å². The summed E-state index contributed by atoms with van der Waals surface area (Å²) in [4.78, 5) is 2.65. The normalized spacial score (nSPS) is 12.3. The van der Waals surface area contributed by atoms with E-state index in [4.69, 9.17) is 0 Å². The Hall–Kier alpha value is -0.0800. The second-order valence-electron chi connectivity index (χ2n) is 7.07. The predicted octanol–water partition coefficient (Wildman–Crippen LogP) is 4.16. The van der Waals surface area contributed by atoms with Gasteiger partial charge >= 0.3 is 0 Å². The van der Waals surface area contributed by atoms with Crippen LogP contribution >= 0.6 is 0 Å². The van der Waals surface area contributed by atoms with Crippen molar-refractivity contribution in [3.63, 3.8) is 0 Å². The first-order valence-electron chi connectivity index (χ1n) is 8.37. The van der Waals surface area contributed by atoms with E-state index >= 15 is 0 Å². The number of nitrogens with one attached hydrogen (secondary N) is 1. The molecule has 0 aliphatic carbocycles. The first kappa shape index (κ1) is 18.9. The molecule has 0 amide bonds. The molecule has 0 aromatic heterocycles. The summed E-state index contributed by atoms with van der Waals surface area (Å²) in [5, 5.41) is 3.49. The Morgan fingerprint density at radius 2 is 1.26 bits per heavy atom. The van der Waals surface area contributed by atoms with Crippen LogP contribution < -0.4 is 5.32 Å². The van der Waals surface area contributed by atoms with E-state index in [-0.39, 0.29) is 0 Å². The third-order valence-electron chi connectivity index (χ3n) is 3.20. The molecule has 0 bridgehead atoms. The van der Waals surface area contributed by atoms with Crippen LogP contribution in [0.3, 0.4) is 0 Å². The van der Waals surface area contributed by atoms with E-state index in [0.717, 1.165) is 11.8 Å². The number of hydrogen-bond donors (Lipinski definition) is 1. The summed E-state index contributed by atoms with van der Waals surface area (Å²) in [5.74, 6) is 1.57. The molecule has 2 nitrogen and oxygen atoms in total. The van der Waals surface area contributed by atoms with E-state index in [1.54, 1.807) is 0 Å². The van der Waals surface area contributed by atoms with Gasteiger partial charge in [-0.2, -0.15) is 0 Å². The van der Waals surface area contributed by atoms with Crippen molar-refractivity contribution in [1.29, 1.82) is 0 Å². The van der Waals surface area contributed by atoms with E-state index < -0.39 is 0 Å². The van der Waals surface area contributed by atoms with Gasteiger partial charge in [-0.05, 0) is 37.8 Å². The van der Waals surface area contributed by atoms with Gasteiger partial charge in [-0.3, -0.25) is 0 Å². The summed E-state index contributed by atoms with van der Waals surface area (Å²) in [5.41, 5.74) is 0. The molecule has 0 heterocycles. The maximum atomic E-state index is 3.49. The SMILES string of the molecule is CC(C)CN(CCCCCCNC(C)C)CC(C)C. The highest BCUT2D eigenvalue weighted by Gasteiger charge is 2.08. The Labute approximate surface area is 122 Å². The van der Waals surface area contributed by atoms with Gasteiger partial charge in [-0.15, -0.1) is 0 Å². The van der Waals surface area contributed by atoms with Gasteiger partial charge in [0.15, 0.2) is 0 Å². The molecule has 0 aliphatic rings. The van der Waals surface area contributed by atoms with Crippen LogP contribution in [0.25, 0.3) is 0 Å². The minimum absolute atomic E-state index is 0.632. The largest absolute Gasteiger partial charge is 0.315 e. The first-order valence-corrected chi connectivity index (χ1v) is 8.37. The van der Waals surface area contributed by atoms with Crippen LogP contribution in [0.4, 0.5) is 0 Å². The van der Waals surface area contributed by atoms with E-state index in [1.165, 1.54) is 51.9 Å². The second kappa shape index (κ2) is 11.7. The van der Waals surface area contributed by atoms with Crippen molar-refractivity contribution in [1.82, 2.24) is 10.2 Å². The summed E-state index contributed by atoms with van der Waals surface area (Å²) in [6, 6.07) is 0.632. The standard InChI is InChI=1S/C17H38N2/c1-15(2)13-19(14-16(3)4)12-10-8-7-9-11-18-17(5)6/h15-18H,7-14H2,1-6H3. The summed E-state index contributed by atoms with van der Waals surface area (Å²) in [7, 11) is 0. The Kier molecular flexibility index (Phi) is 11.7. The van der Waals surface area contributed by atoms with Gasteiger partial charge in [0.2, 0.25) is 0 Å². The Morgan fingerprint density at radius 3 is 1.74 bits per heavy atom. The summed E-state index contributed by atoms with van der Waals surface area (Å²) in [6.07, 6.45) is 5.44. The zero-order chi connectivity index (χ0) is 14.7. The third-order valence-corrected chi connectivity index (χ3v) is 3.20. The maximum absolute atomic E-state index is 3.49. The predicted molar refractivity (Wildman–Crippen MR) is 87.7 cm³/mol. The van der Waals surface area contributed by atoms with Gasteiger partial charge in [-0.1, -0.05) is 54.4 Å². The highest BCUT2D eigenvalue weighted by atomic mass is 15.1. The quantitative estimate of drug-likeness (QED) is 0.536. The third kappa shape index (κ3) is 14.1. The lowest BCUT2D eigenvalue weighted by Gasteiger charge is -2.26. The molecule has 116 valence electrons. The maximum Gasteiger partial charge on any atom is 0.00103 e. The fraction of sp³-hybridized carbons (Fsp3) is 1.00. The van der Waals surface area contributed by atoms with Gasteiger partial charge in [0.25, 0.3) is 0 Å². The molecular formula is C17H38N2. The summed E-state index contributed by atoms with van der Waals surface area (Å²) in [6.45, 7) is 18.7. The van der Waals surface area contributed by atoms with Crippen LogP contribution in [0.1, 0.15) is 67.2 Å². The lowest BCUT2D eigenvalue weighted by Crippen LogP contribution is -2.32. The smallest absolute Gasteiger partial charge is 0.00103 e. The molecule has 0 aromatic carbocycles. The van der Waals surface area contributed by atoms with Crippen molar-refractivity contribution in [3.05, 3.63) is 0 Å². The minimum atomic E-state index is 0.632. The average Bonchev–Trinajstić information content (AvgIpc) is 2.25. The van der Waals surface area contributed by atoms with Crippen molar-refractivity contribution in [2.24, 2.45) is 11.8 Å². The average molecular weight is 271 g/mol. The first-order chi connectivity index (χ1) is 8.91. The van der Waals surface area contributed by atoms with Crippen molar-refractivity contribution < 1.29 is 0 Å². The zero-order valence-corrected chi connectivity index (χ0v) is 14.3. The zero-order valence-electron chi connectivity index (χ0n) is 14.3. The molecule has 0 rings (SSSR count). The number of rotatable bonds is 12. The van der Waals surface area contributed by atoms with Gasteiger partial charge < -0.3 is 10.2 Å². The van der Waals surface area contributed by atoms with Crippen molar-refractivity contribution in [2.75, 3.05) is 26.2 Å². The van der Waals surface area contributed by atoms with Crippen LogP contribution in [0, 0.1) is 11.8 Å². The second-order valence-corrected chi connectivity index (χ2v) is 7.07. The van der Waals surface area contributed by atoms with Gasteiger partial charge in [0, 0.05) is 19.1 Å². The molecule has 0 fully saturated rings. The molecule has 1 N–H and O–H groups in total. The molecule has 0 spiro atoms. The van der Waals surface area contributed by atoms with Crippen LogP contribution in [0.5, 0.6) is 0 Å². The minimum Gasteiger partial charge on any atom is -0.315 e. The molecule has 2 heteroatoms. The number of hydrogen-bond acceptors (Lipinski definition) is 2. The Morgan fingerprint density at radius 1 is 0.737 bits per heavy atom. The lowest BCUT2D eigenvalue weighted by atomic mass is 10.1. The van der Waals surface area contributed by atoms with E-state index in [9.17, 15) is 0 Å². The number of unbranched alkanes of at least 4 members (excludes halogenated alkanes) is 3. The van der Waals surface area contributed by atoms with Gasteiger partial charge in [0.05, 0.1) is 0 Å². The molecule has 0 saturated carbocycles. The molecule has 0 radical (unpaired) electrons. The van der Waals surface area contributed by atoms with E-state index in [0.29, 0.717) is 6.04 Å². The van der Waals surface area contributed by atoms with Gasteiger partial charge in [-0.25, -0.2) is 0 Å². The number of nitrogens with zero attached hydrogens (tertiary/aromatic N) is 1. The Balaban J connectivity index is 3.57. The molecule has 0 aliphatic heterocycles. The highest BCUT2D eigenvalue weighted by Crippen LogP contribution is 2.07. The fourth-order valence-corrected chi connectivity index (χ4v) is 2.49. The van der Waals surface area contributed by atoms with Crippen LogP contribution in [-0.4, -0.2) is 37.1 Å². The molecule has 0 atom stereocenters. The van der Waals surface area contributed by atoms with Crippen molar-refractivity contribution in [2.45, 2.75) is 73.3 Å². The van der Waals surface area contributed by atoms with Gasteiger partial charge in [0.1, 0.15) is 0 Å². The monoisotopic (exact) mass is 270 g/mol. The lowest BCUT2D eigenvalue weighted by molar-refractivity contribution is 0.215. The molecular weight excluding hydrogens is 232 g/mol. The highest BCUT2D eigenvalue weighted by molar-refractivity contribution is 4.63. The fourth-order valence-electron chi connectivity index (χ4n) is 2.49. The topological polar surface area (TPSA) is 15.3 Å². The molecule has 0 saturated heterocycles.